The minimum Gasteiger partial charge on any atom is -0.454 e. The summed E-state index contributed by atoms with van der Waals surface area (Å²) >= 11 is 0. The molecule has 0 spiro atoms. The number of benzene rings is 1. The van der Waals surface area contributed by atoms with E-state index in [1.807, 2.05) is 23.1 Å². The largest absolute Gasteiger partial charge is 0.454 e. The molecule has 0 aliphatic carbocycles. The lowest BCUT2D eigenvalue weighted by Crippen LogP contribution is -2.52. The van der Waals surface area contributed by atoms with Gasteiger partial charge in [0.05, 0.1) is 12.2 Å². The third-order valence-corrected chi connectivity index (χ3v) is 7.00. The van der Waals surface area contributed by atoms with E-state index in [-0.39, 0.29) is 18.6 Å². The van der Waals surface area contributed by atoms with Crippen molar-refractivity contribution in [3.05, 3.63) is 23.8 Å². The molecule has 8 nitrogen and oxygen atoms in total. The summed E-state index contributed by atoms with van der Waals surface area (Å²) in [5.41, 5.74) is 1.17. The Kier molecular flexibility index (Phi) is 5.48. The van der Waals surface area contributed by atoms with Crippen LogP contribution in [0.3, 0.4) is 0 Å². The molecule has 3 aliphatic heterocycles. The Balaban J connectivity index is 1.29. The molecule has 0 aromatic heterocycles. The molecule has 3 aliphatic rings. The van der Waals surface area contributed by atoms with Gasteiger partial charge in [-0.3, -0.25) is 9.69 Å². The van der Waals surface area contributed by atoms with Gasteiger partial charge in [-0.1, -0.05) is 6.07 Å². The van der Waals surface area contributed by atoms with Crippen LogP contribution in [0.15, 0.2) is 18.2 Å². The van der Waals surface area contributed by atoms with Crippen molar-refractivity contribution < 1.29 is 22.7 Å². The number of rotatable bonds is 4. The third kappa shape index (κ3) is 4.26. The monoisotopic (exact) mass is 409 g/mol. The Labute approximate surface area is 166 Å². The molecule has 0 saturated carbocycles. The summed E-state index contributed by atoms with van der Waals surface area (Å²) < 4.78 is 35.8. The second-order valence-corrected chi connectivity index (χ2v) is 9.73. The van der Waals surface area contributed by atoms with E-state index >= 15 is 0 Å². The molecule has 3 heterocycles. The van der Waals surface area contributed by atoms with E-state index in [0.29, 0.717) is 26.2 Å². The SMILES string of the molecule is CS(=O)(=O)N1CCC[C@H](C(=O)N2CCN(Cc3ccc4c(c3)OCO4)CC2)C1. The summed E-state index contributed by atoms with van der Waals surface area (Å²) in [6, 6.07) is 6.00. The number of fused-ring (bicyclic) bond motifs is 1. The van der Waals surface area contributed by atoms with Crippen molar-refractivity contribution in [2.24, 2.45) is 5.92 Å². The number of hydrogen-bond acceptors (Lipinski definition) is 6. The maximum Gasteiger partial charge on any atom is 0.231 e. The number of piperidine rings is 1. The van der Waals surface area contributed by atoms with Crippen LogP contribution in [-0.2, 0) is 21.4 Å². The molecule has 1 aromatic rings. The van der Waals surface area contributed by atoms with Crippen molar-refractivity contribution >= 4 is 15.9 Å². The van der Waals surface area contributed by atoms with Crippen molar-refractivity contribution in [3.8, 4) is 11.5 Å². The van der Waals surface area contributed by atoms with Crippen LogP contribution in [0, 0.1) is 5.92 Å². The average molecular weight is 410 g/mol. The van der Waals surface area contributed by atoms with Crippen LogP contribution in [0.1, 0.15) is 18.4 Å². The molecule has 28 heavy (non-hydrogen) atoms. The van der Waals surface area contributed by atoms with E-state index < -0.39 is 10.0 Å². The number of sulfonamides is 1. The van der Waals surface area contributed by atoms with E-state index in [4.69, 9.17) is 9.47 Å². The minimum absolute atomic E-state index is 0.0936. The van der Waals surface area contributed by atoms with Gasteiger partial charge in [-0.15, -0.1) is 0 Å². The minimum atomic E-state index is -3.24. The number of amides is 1. The predicted molar refractivity (Wildman–Crippen MR) is 104 cm³/mol. The van der Waals surface area contributed by atoms with E-state index in [9.17, 15) is 13.2 Å². The van der Waals surface area contributed by atoms with E-state index in [1.165, 1.54) is 16.1 Å². The molecular weight excluding hydrogens is 382 g/mol. The topological polar surface area (TPSA) is 79.4 Å². The first-order chi connectivity index (χ1) is 13.4. The lowest BCUT2D eigenvalue weighted by molar-refractivity contribution is -0.138. The highest BCUT2D eigenvalue weighted by Gasteiger charge is 2.33. The van der Waals surface area contributed by atoms with Crippen LogP contribution in [0.25, 0.3) is 0 Å². The summed E-state index contributed by atoms with van der Waals surface area (Å²) in [6.45, 7) is 4.89. The zero-order valence-electron chi connectivity index (χ0n) is 16.2. The summed E-state index contributed by atoms with van der Waals surface area (Å²) in [5, 5.41) is 0. The summed E-state index contributed by atoms with van der Waals surface area (Å²) in [5.74, 6) is 1.45. The van der Waals surface area contributed by atoms with Gasteiger partial charge in [0.1, 0.15) is 0 Å². The zero-order valence-corrected chi connectivity index (χ0v) is 17.0. The third-order valence-electron chi connectivity index (χ3n) is 5.73. The molecule has 9 heteroatoms. The van der Waals surface area contributed by atoms with Gasteiger partial charge in [0.2, 0.25) is 22.7 Å². The first kappa shape index (κ1) is 19.5. The van der Waals surface area contributed by atoms with Crippen molar-refractivity contribution in [1.29, 1.82) is 0 Å². The smallest absolute Gasteiger partial charge is 0.231 e. The van der Waals surface area contributed by atoms with Gasteiger partial charge in [0.25, 0.3) is 0 Å². The van der Waals surface area contributed by atoms with Crippen LogP contribution < -0.4 is 9.47 Å². The van der Waals surface area contributed by atoms with Gasteiger partial charge in [0, 0.05) is 45.8 Å². The van der Waals surface area contributed by atoms with Crippen LogP contribution in [0.5, 0.6) is 11.5 Å². The van der Waals surface area contributed by atoms with Gasteiger partial charge >= 0.3 is 0 Å². The summed E-state index contributed by atoms with van der Waals surface area (Å²) in [6.07, 6.45) is 2.73. The molecular formula is C19H27N3O5S. The fourth-order valence-corrected chi connectivity index (χ4v) is 5.04. The highest BCUT2D eigenvalue weighted by atomic mass is 32.2. The molecule has 1 amide bonds. The Hall–Kier alpha value is -1.84. The number of ether oxygens (including phenoxy) is 2. The fraction of sp³-hybridized carbons (Fsp3) is 0.632. The molecule has 4 rings (SSSR count). The lowest BCUT2D eigenvalue weighted by atomic mass is 9.97. The van der Waals surface area contributed by atoms with Gasteiger partial charge in [-0.25, -0.2) is 12.7 Å². The predicted octanol–water partition coefficient (Wildman–Crippen LogP) is 0.731. The van der Waals surface area contributed by atoms with E-state index in [1.54, 1.807) is 0 Å². The van der Waals surface area contributed by atoms with E-state index in [0.717, 1.165) is 44.0 Å². The lowest BCUT2D eigenvalue weighted by Gasteiger charge is -2.38. The molecule has 1 atom stereocenters. The molecule has 2 saturated heterocycles. The van der Waals surface area contributed by atoms with Crippen LogP contribution in [-0.4, -0.2) is 80.7 Å². The maximum absolute atomic E-state index is 12.9. The number of hydrogen-bond donors (Lipinski definition) is 0. The summed E-state index contributed by atoms with van der Waals surface area (Å²) in [7, 11) is -3.24. The Morgan fingerprint density at radius 1 is 1.11 bits per heavy atom. The Morgan fingerprint density at radius 3 is 2.61 bits per heavy atom. The van der Waals surface area contributed by atoms with Gasteiger partial charge < -0.3 is 14.4 Å². The quantitative estimate of drug-likeness (QED) is 0.730. The molecule has 1 aromatic carbocycles. The molecule has 2 fully saturated rings. The normalized spacial score (nSPS) is 23.8. The second-order valence-electron chi connectivity index (χ2n) is 7.75. The van der Waals surface area contributed by atoms with Crippen molar-refractivity contribution in [2.75, 3.05) is 52.3 Å². The number of piperazine rings is 1. The number of carbonyl (C=O) groups is 1. The first-order valence-electron chi connectivity index (χ1n) is 9.75. The van der Waals surface area contributed by atoms with Crippen LogP contribution in [0.2, 0.25) is 0 Å². The molecule has 0 unspecified atom stereocenters. The maximum atomic E-state index is 12.9. The molecule has 0 bridgehead atoms. The van der Waals surface area contributed by atoms with Crippen molar-refractivity contribution in [1.82, 2.24) is 14.1 Å². The highest BCUT2D eigenvalue weighted by Crippen LogP contribution is 2.33. The second kappa shape index (κ2) is 7.88. The first-order valence-corrected chi connectivity index (χ1v) is 11.6. The Bertz CT molecular complexity index is 836. The molecule has 0 radical (unpaired) electrons. The highest BCUT2D eigenvalue weighted by molar-refractivity contribution is 7.88. The van der Waals surface area contributed by atoms with Gasteiger partial charge in [-0.2, -0.15) is 0 Å². The van der Waals surface area contributed by atoms with Gasteiger partial charge in [-0.05, 0) is 30.5 Å². The van der Waals surface area contributed by atoms with Crippen molar-refractivity contribution in [2.45, 2.75) is 19.4 Å². The Morgan fingerprint density at radius 2 is 1.86 bits per heavy atom. The average Bonchev–Trinajstić information content (AvgIpc) is 3.15. The zero-order chi connectivity index (χ0) is 19.7. The number of nitrogens with zero attached hydrogens (tertiary/aromatic N) is 3. The standard InChI is InChI=1S/C19H27N3O5S/c1-28(24,25)22-6-2-3-16(13-22)19(23)21-9-7-20(8-10-21)12-15-4-5-17-18(11-15)27-14-26-17/h4-5,11,16H,2-3,6-10,12-14H2,1H3/t16-/m0/s1. The van der Waals surface area contributed by atoms with E-state index in [2.05, 4.69) is 4.90 Å². The number of carbonyl (C=O) groups excluding carboxylic acids is 1. The van der Waals surface area contributed by atoms with Crippen LogP contribution >= 0.6 is 0 Å². The molecule has 0 N–H and O–H groups in total. The van der Waals surface area contributed by atoms with Crippen molar-refractivity contribution in [3.63, 3.8) is 0 Å². The summed E-state index contributed by atoms with van der Waals surface area (Å²) in [4.78, 5) is 17.1. The fourth-order valence-electron chi connectivity index (χ4n) is 4.13. The van der Waals surface area contributed by atoms with Crippen LogP contribution in [0.4, 0.5) is 0 Å². The molecule has 154 valence electrons. The van der Waals surface area contributed by atoms with Gasteiger partial charge in [0.15, 0.2) is 11.5 Å².